The second-order valence-electron chi connectivity index (χ2n) is 5.37. The maximum absolute atomic E-state index is 12.4. The zero-order chi connectivity index (χ0) is 19.3. The number of benzene rings is 2. The third kappa shape index (κ3) is 4.02. The smallest absolute Gasteiger partial charge is 0.345 e. The molecule has 2 rings (SSSR count). The van der Waals surface area contributed by atoms with E-state index in [0.717, 1.165) is 11.6 Å². The molecule has 0 aliphatic rings. The van der Waals surface area contributed by atoms with E-state index in [4.69, 9.17) is 18.9 Å². The van der Waals surface area contributed by atoms with Gasteiger partial charge >= 0.3 is 5.97 Å². The Balaban J connectivity index is 2.32. The van der Waals surface area contributed by atoms with Gasteiger partial charge in [0.25, 0.3) is 5.69 Å². The Morgan fingerprint density at radius 1 is 1.00 bits per heavy atom. The molecular weight excluding hydrogens is 342 g/mol. The van der Waals surface area contributed by atoms with Gasteiger partial charge in [-0.3, -0.25) is 10.1 Å². The van der Waals surface area contributed by atoms with Crippen molar-refractivity contribution in [1.29, 1.82) is 0 Å². The fraction of sp³-hybridized carbons (Fsp3) is 0.278. The van der Waals surface area contributed by atoms with Crippen LogP contribution in [0.2, 0.25) is 0 Å². The maximum atomic E-state index is 12.4. The number of rotatable bonds is 7. The van der Waals surface area contributed by atoms with Crippen LogP contribution in [0, 0.1) is 17.0 Å². The van der Waals surface area contributed by atoms with Crippen LogP contribution in [-0.4, -0.2) is 32.2 Å². The summed E-state index contributed by atoms with van der Waals surface area (Å²) in [5.74, 6) is 0.0562. The summed E-state index contributed by atoms with van der Waals surface area (Å²) in [6.07, 6.45) is 0. The number of aryl methyl sites for hydroxylation is 1. The molecule has 0 amide bonds. The number of esters is 1. The normalized spacial score (nSPS) is 10.2. The number of methoxy groups -OCH3 is 3. The van der Waals surface area contributed by atoms with Crippen LogP contribution in [0.25, 0.3) is 0 Å². The third-order valence-corrected chi connectivity index (χ3v) is 3.71. The van der Waals surface area contributed by atoms with E-state index in [2.05, 4.69) is 0 Å². The van der Waals surface area contributed by atoms with E-state index in [1.54, 1.807) is 6.07 Å². The van der Waals surface area contributed by atoms with Gasteiger partial charge in [-0.15, -0.1) is 0 Å². The molecule has 2 aromatic rings. The molecule has 0 radical (unpaired) electrons. The SMILES string of the molecule is COc1ccc(C)cc1COC(=O)c1cc(OC)c(OC)cc1[N+](=O)[O-]. The molecule has 26 heavy (non-hydrogen) atoms. The number of nitro benzene ring substituents is 1. The van der Waals surface area contributed by atoms with Gasteiger partial charge in [0.15, 0.2) is 11.5 Å². The number of nitrogens with zero attached hydrogens (tertiary/aromatic N) is 1. The molecule has 0 unspecified atom stereocenters. The Kier molecular flexibility index (Phi) is 6.00. The van der Waals surface area contributed by atoms with Crippen molar-refractivity contribution in [2.75, 3.05) is 21.3 Å². The topological polar surface area (TPSA) is 97.1 Å². The van der Waals surface area contributed by atoms with Gasteiger partial charge in [-0.2, -0.15) is 0 Å². The van der Waals surface area contributed by atoms with Crippen molar-refractivity contribution in [3.8, 4) is 17.2 Å². The van der Waals surface area contributed by atoms with Crippen LogP contribution in [0.5, 0.6) is 17.2 Å². The molecule has 2 aromatic carbocycles. The summed E-state index contributed by atoms with van der Waals surface area (Å²) in [6.45, 7) is 1.80. The van der Waals surface area contributed by atoms with E-state index in [1.807, 2.05) is 19.1 Å². The van der Waals surface area contributed by atoms with Crippen LogP contribution in [0.15, 0.2) is 30.3 Å². The van der Waals surface area contributed by atoms with Gasteiger partial charge in [0.1, 0.15) is 17.9 Å². The molecule has 138 valence electrons. The lowest BCUT2D eigenvalue weighted by Gasteiger charge is -2.12. The van der Waals surface area contributed by atoms with Crippen LogP contribution >= 0.6 is 0 Å². The van der Waals surface area contributed by atoms with Crippen LogP contribution in [-0.2, 0) is 11.3 Å². The van der Waals surface area contributed by atoms with E-state index >= 15 is 0 Å². The lowest BCUT2D eigenvalue weighted by atomic mass is 10.1. The number of ether oxygens (including phenoxy) is 4. The van der Waals surface area contributed by atoms with E-state index in [9.17, 15) is 14.9 Å². The molecule has 0 spiro atoms. The summed E-state index contributed by atoms with van der Waals surface area (Å²) in [6, 6.07) is 7.80. The zero-order valence-electron chi connectivity index (χ0n) is 14.9. The molecular formula is C18H19NO7. The van der Waals surface area contributed by atoms with Gasteiger partial charge in [0.2, 0.25) is 0 Å². The molecule has 0 saturated carbocycles. The van der Waals surface area contributed by atoms with Crippen molar-refractivity contribution in [3.05, 3.63) is 57.1 Å². The molecule has 0 aliphatic heterocycles. The predicted octanol–water partition coefficient (Wildman–Crippen LogP) is 3.29. The first-order chi connectivity index (χ1) is 12.4. The summed E-state index contributed by atoms with van der Waals surface area (Å²) in [7, 11) is 4.23. The Morgan fingerprint density at radius 2 is 1.62 bits per heavy atom. The first-order valence-corrected chi connectivity index (χ1v) is 7.62. The fourth-order valence-corrected chi connectivity index (χ4v) is 2.42. The van der Waals surface area contributed by atoms with Crippen LogP contribution in [0.3, 0.4) is 0 Å². The Morgan fingerprint density at radius 3 is 2.19 bits per heavy atom. The van der Waals surface area contributed by atoms with Gasteiger partial charge < -0.3 is 18.9 Å². The van der Waals surface area contributed by atoms with Gasteiger partial charge in [-0.25, -0.2) is 4.79 Å². The Bertz CT molecular complexity index is 833. The van der Waals surface area contributed by atoms with Gasteiger partial charge in [0.05, 0.1) is 32.3 Å². The highest BCUT2D eigenvalue weighted by molar-refractivity contribution is 5.95. The van der Waals surface area contributed by atoms with Gasteiger partial charge in [-0.05, 0) is 19.1 Å². The molecule has 0 heterocycles. The highest BCUT2D eigenvalue weighted by Crippen LogP contribution is 2.35. The van der Waals surface area contributed by atoms with Crippen LogP contribution in [0.1, 0.15) is 21.5 Å². The first-order valence-electron chi connectivity index (χ1n) is 7.62. The van der Waals surface area contributed by atoms with Crippen molar-refractivity contribution in [2.24, 2.45) is 0 Å². The molecule has 0 aromatic heterocycles. The third-order valence-electron chi connectivity index (χ3n) is 3.71. The monoisotopic (exact) mass is 361 g/mol. The van der Waals surface area contributed by atoms with Crippen molar-refractivity contribution in [3.63, 3.8) is 0 Å². The molecule has 8 heteroatoms. The molecule has 0 bridgehead atoms. The van der Waals surface area contributed by atoms with E-state index < -0.39 is 16.6 Å². The summed E-state index contributed by atoms with van der Waals surface area (Å²) >= 11 is 0. The van der Waals surface area contributed by atoms with E-state index in [-0.39, 0.29) is 23.7 Å². The lowest BCUT2D eigenvalue weighted by molar-refractivity contribution is -0.385. The zero-order valence-corrected chi connectivity index (χ0v) is 14.9. The van der Waals surface area contributed by atoms with Crippen molar-refractivity contribution in [1.82, 2.24) is 0 Å². The number of hydrogen-bond donors (Lipinski definition) is 0. The minimum Gasteiger partial charge on any atom is -0.496 e. The second kappa shape index (κ2) is 8.19. The van der Waals surface area contributed by atoms with Crippen LogP contribution < -0.4 is 14.2 Å². The molecule has 0 fully saturated rings. The van der Waals surface area contributed by atoms with Crippen LogP contribution in [0.4, 0.5) is 5.69 Å². The predicted molar refractivity (Wildman–Crippen MR) is 93.1 cm³/mol. The Labute approximate surface area is 150 Å². The largest absolute Gasteiger partial charge is 0.496 e. The number of nitro groups is 1. The van der Waals surface area contributed by atoms with E-state index in [1.165, 1.54) is 27.4 Å². The highest BCUT2D eigenvalue weighted by Gasteiger charge is 2.26. The second-order valence-corrected chi connectivity index (χ2v) is 5.37. The molecule has 0 N–H and O–H groups in total. The minimum absolute atomic E-state index is 0.0881. The fourth-order valence-electron chi connectivity index (χ4n) is 2.42. The molecule has 0 saturated heterocycles. The summed E-state index contributed by atoms with van der Waals surface area (Å²) in [5, 5.41) is 11.3. The number of hydrogen-bond acceptors (Lipinski definition) is 7. The number of carbonyl (C=O) groups is 1. The minimum atomic E-state index is -0.846. The quantitative estimate of drug-likeness (QED) is 0.424. The standard InChI is InChI=1S/C18H19NO7/c1-11-5-6-15(23-2)12(7-11)10-26-18(20)13-8-16(24-3)17(25-4)9-14(13)19(21)22/h5-9H,10H2,1-4H3. The van der Waals surface area contributed by atoms with Gasteiger partial charge in [0, 0.05) is 11.6 Å². The summed E-state index contributed by atoms with van der Waals surface area (Å²) in [5.41, 5.74) is 0.973. The van der Waals surface area contributed by atoms with E-state index in [0.29, 0.717) is 11.3 Å². The molecule has 0 aliphatic carbocycles. The van der Waals surface area contributed by atoms with Crippen molar-refractivity contribution in [2.45, 2.75) is 13.5 Å². The number of carbonyl (C=O) groups excluding carboxylic acids is 1. The summed E-state index contributed by atoms with van der Waals surface area (Å²) in [4.78, 5) is 23.1. The average Bonchev–Trinajstić information content (AvgIpc) is 2.64. The summed E-state index contributed by atoms with van der Waals surface area (Å²) < 4.78 is 20.6. The lowest BCUT2D eigenvalue weighted by Crippen LogP contribution is -2.10. The molecule has 0 atom stereocenters. The highest BCUT2D eigenvalue weighted by atomic mass is 16.6. The van der Waals surface area contributed by atoms with Crippen molar-refractivity contribution >= 4 is 11.7 Å². The maximum Gasteiger partial charge on any atom is 0.345 e. The Hall–Kier alpha value is -3.29. The first kappa shape index (κ1) is 19.0. The molecule has 8 nitrogen and oxygen atoms in total. The average molecular weight is 361 g/mol. The van der Waals surface area contributed by atoms with Crippen molar-refractivity contribution < 1.29 is 28.7 Å². The van der Waals surface area contributed by atoms with Gasteiger partial charge in [-0.1, -0.05) is 11.6 Å².